The zero-order valence-corrected chi connectivity index (χ0v) is 14.2. The number of amides is 1. The van der Waals surface area contributed by atoms with Gasteiger partial charge in [0.2, 0.25) is 5.91 Å². The highest BCUT2D eigenvalue weighted by Crippen LogP contribution is 2.45. The van der Waals surface area contributed by atoms with Gasteiger partial charge in [-0.15, -0.1) is 0 Å². The highest BCUT2D eigenvalue weighted by atomic mass is 19.4. The maximum Gasteiger partial charge on any atom is 0.416 e. The smallest absolute Gasteiger partial charge is 0.294 e. The third-order valence-electron chi connectivity index (χ3n) is 4.62. The van der Waals surface area contributed by atoms with Crippen molar-refractivity contribution < 1.29 is 18.0 Å². The van der Waals surface area contributed by atoms with Crippen LogP contribution in [0.1, 0.15) is 38.8 Å². The average Bonchev–Trinajstić information content (AvgIpc) is 2.47. The van der Waals surface area contributed by atoms with E-state index >= 15 is 0 Å². The van der Waals surface area contributed by atoms with Gasteiger partial charge in [0.05, 0.1) is 11.0 Å². The number of aryl methyl sites for hydroxylation is 1. The van der Waals surface area contributed by atoms with E-state index in [4.69, 9.17) is 0 Å². The molecule has 1 fully saturated rings. The first-order valence-corrected chi connectivity index (χ1v) is 7.81. The standard InChI is InChI=1S/C17H23F3N2O/c1-6-21(7-2)14-16(4,5)15(23)22(14)12-9-8-11(3)13(10-12)17(18,19)20/h8-10,14H,6-7H2,1-5H3. The zero-order chi connectivity index (χ0) is 17.6. The summed E-state index contributed by atoms with van der Waals surface area (Å²) in [5.41, 5.74) is -0.821. The Kier molecular flexibility index (Phi) is 4.50. The van der Waals surface area contributed by atoms with Gasteiger partial charge in [0.25, 0.3) is 0 Å². The highest BCUT2D eigenvalue weighted by Gasteiger charge is 2.57. The summed E-state index contributed by atoms with van der Waals surface area (Å²) in [5.74, 6) is -0.147. The molecular weight excluding hydrogens is 305 g/mol. The minimum Gasteiger partial charge on any atom is -0.294 e. The molecule has 1 aromatic rings. The fourth-order valence-corrected chi connectivity index (χ4v) is 3.30. The first-order valence-electron chi connectivity index (χ1n) is 7.81. The van der Waals surface area contributed by atoms with Crippen molar-refractivity contribution >= 4 is 11.6 Å². The number of carbonyl (C=O) groups excluding carboxylic acids is 1. The number of β-lactam (4-membered cyclic amide) rings is 1. The lowest BCUT2D eigenvalue weighted by atomic mass is 9.77. The van der Waals surface area contributed by atoms with Crippen LogP contribution in [0.25, 0.3) is 0 Å². The summed E-state index contributed by atoms with van der Waals surface area (Å²) in [6.07, 6.45) is -4.65. The lowest BCUT2D eigenvalue weighted by molar-refractivity contribution is -0.144. The molecule has 1 saturated heterocycles. The third kappa shape index (κ3) is 2.84. The molecule has 23 heavy (non-hydrogen) atoms. The minimum atomic E-state index is -4.42. The number of rotatable bonds is 4. The summed E-state index contributed by atoms with van der Waals surface area (Å²) in [5, 5.41) is 0. The number of halogens is 3. The van der Waals surface area contributed by atoms with E-state index in [2.05, 4.69) is 4.90 Å². The van der Waals surface area contributed by atoms with Crippen LogP contribution >= 0.6 is 0 Å². The molecule has 0 aliphatic carbocycles. The van der Waals surface area contributed by atoms with Crippen LogP contribution in [0.5, 0.6) is 0 Å². The Hall–Kier alpha value is -1.56. The molecule has 6 heteroatoms. The van der Waals surface area contributed by atoms with Gasteiger partial charge in [0, 0.05) is 5.69 Å². The Morgan fingerprint density at radius 1 is 1.22 bits per heavy atom. The summed E-state index contributed by atoms with van der Waals surface area (Å²) in [7, 11) is 0. The largest absolute Gasteiger partial charge is 0.416 e. The van der Waals surface area contributed by atoms with Gasteiger partial charge in [-0.05, 0) is 51.6 Å². The predicted molar refractivity (Wildman–Crippen MR) is 84.2 cm³/mol. The molecular formula is C17H23F3N2O. The number of anilines is 1. The molecule has 0 saturated carbocycles. The Labute approximate surface area is 135 Å². The van der Waals surface area contributed by atoms with E-state index in [1.807, 2.05) is 27.7 Å². The summed E-state index contributed by atoms with van der Waals surface area (Å²) in [4.78, 5) is 16.1. The zero-order valence-electron chi connectivity index (χ0n) is 14.2. The van der Waals surface area contributed by atoms with Gasteiger partial charge in [-0.25, -0.2) is 0 Å². The molecule has 1 aromatic carbocycles. The SMILES string of the molecule is CCN(CC)C1N(c2ccc(C)c(C(F)(F)F)c2)C(=O)C1(C)C. The Bertz CT molecular complexity index is 606. The van der Waals surface area contributed by atoms with Gasteiger partial charge in [-0.3, -0.25) is 14.6 Å². The van der Waals surface area contributed by atoms with E-state index in [1.54, 1.807) is 6.07 Å². The monoisotopic (exact) mass is 328 g/mol. The molecule has 1 unspecified atom stereocenters. The van der Waals surface area contributed by atoms with Crippen molar-refractivity contribution in [3.63, 3.8) is 0 Å². The van der Waals surface area contributed by atoms with Gasteiger partial charge >= 0.3 is 6.18 Å². The highest BCUT2D eigenvalue weighted by molar-refractivity contribution is 6.05. The molecule has 0 spiro atoms. The lowest BCUT2D eigenvalue weighted by Gasteiger charge is -2.56. The Morgan fingerprint density at radius 3 is 2.26 bits per heavy atom. The third-order valence-corrected chi connectivity index (χ3v) is 4.62. The van der Waals surface area contributed by atoms with Gasteiger partial charge in [-0.1, -0.05) is 19.9 Å². The number of carbonyl (C=O) groups is 1. The molecule has 1 aliphatic heterocycles. The fourth-order valence-electron chi connectivity index (χ4n) is 3.30. The van der Waals surface area contributed by atoms with Crippen LogP contribution in [0, 0.1) is 12.3 Å². The summed E-state index contributed by atoms with van der Waals surface area (Å²) in [6.45, 7) is 10.5. The van der Waals surface area contributed by atoms with Crippen LogP contribution in [0.4, 0.5) is 18.9 Å². The van der Waals surface area contributed by atoms with Crippen molar-refractivity contribution in [1.29, 1.82) is 0 Å². The van der Waals surface area contributed by atoms with E-state index in [0.29, 0.717) is 5.69 Å². The number of benzene rings is 1. The second kappa shape index (κ2) is 5.82. The first-order chi connectivity index (χ1) is 10.6. The molecule has 1 amide bonds. The maximum atomic E-state index is 13.1. The maximum absolute atomic E-state index is 13.1. The van der Waals surface area contributed by atoms with Gasteiger partial charge < -0.3 is 0 Å². The summed E-state index contributed by atoms with van der Waals surface area (Å²) in [6, 6.07) is 4.10. The van der Waals surface area contributed by atoms with Crippen molar-refractivity contribution in [1.82, 2.24) is 4.90 Å². The van der Waals surface area contributed by atoms with E-state index in [0.717, 1.165) is 19.2 Å². The second-order valence-corrected chi connectivity index (χ2v) is 6.49. The van der Waals surface area contributed by atoms with Crippen LogP contribution < -0.4 is 4.90 Å². The fraction of sp³-hybridized carbons (Fsp3) is 0.588. The molecule has 0 bridgehead atoms. The van der Waals surface area contributed by atoms with Crippen molar-refractivity contribution in [3.05, 3.63) is 29.3 Å². The average molecular weight is 328 g/mol. The summed E-state index contributed by atoms with van der Waals surface area (Å²) < 4.78 is 39.4. The molecule has 2 rings (SSSR count). The molecule has 0 N–H and O–H groups in total. The van der Waals surface area contributed by atoms with Crippen LogP contribution in [0.2, 0.25) is 0 Å². The van der Waals surface area contributed by atoms with Crippen molar-refractivity contribution in [2.75, 3.05) is 18.0 Å². The van der Waals surface area contributed by atoms with Crippen LogP contribution in [-0.2, 0) is 11.0 Å². The molecule has 0 radical (unpaired) electrons. The van der Waals surface area contributed by atoms with Gasteiger partial charge in [0.1, 0.15) is 6.17 Å². The molecule has 1 heterocycles. The van der Waals surface area contributed by atoms with Crippen molar-refractivity contribution in [2.45, 2.75) is 47.0 Å². The van der Waals surface area contributed by atoms with E-state index in [1.165, 1.54) is 17.9 Å². The van der Waals surface area contributed by atoms with Crippen molar-refractivity contribution in [3.8, 4) is 0 Å². The quantitative estimate of drug-likeness (QED) is 0.778. The Morgan fingerprint density at radius 2 is 1.78 bits per heavy atom. The molecule has 1 atom stereocenters. The van der Waals surface area contributed by atoms with Gasteiger partial charge in [-0.2, -0.15) is 13.2 Å². The lowest BCUT2D eigenvalue weighted by Crippen LogP contribution is -2.73. The molecule has 3 nitrogen and oxygen atoms in total. The number of nitrogens with zero attached hydrogens (tertiary/aromatic N) is 2. The molecule has 1 aliphatic rings. The van der Waals surface area contributed by atoms with Gasteiger partial charge in [0.15, 0.2) is 0 Å². The van der Waals surface area contributed by atoms with E-state index < -0.39 is 17.2 Å². The number of hydrogen-bond acceptors (Lipinski definition) is 2. The van der Waals surface area contributed by atoms with Crippen LogP contribution in [0.15, 0.2) is 18.2 Å². The first kappa shape index (κ1) is 17.8. The second-order valence-electron chi connectivity index (χ2n) is 6.49. The predicted octanol–water partition coefficient (Wildman–Crippen LogP) is 4.05. The summed E-state index contributed by atoms with van der Waals surface area (Å²) >= 11 is 0. The van der Waals surface area contributed by atoms with Crippen LogP contribution in [0.3, 0.4) is 0 Å². The van der Waals surface area contributed by atoms with Crippen molar-refractivity contribution in [2.24, 2.45) is 5.41 Å². The number of alkyl halides is 3. The van der Waals surface area contributed by atoms with E-state index in [-0.39, 0.29) is 17.6 Å². The number of hydrogen-bond donors (Lipinski definition) is 0. The Balaban J connectivity index is 2.46. The molecule has 128 valence electrons. The van der Waals surface area contributed by atoms with E-state index in [9.17, 15) is 18.0 Å². The topological polar surface area (TPSA) is 23.6 Å². The normalized spacial score (nSPS) is 20.8. The molecule has 0 aromatic heterocycles. The van der Waals surface area contributed by atoms with Crippen LogP contribution in [-0.4, -0.2) is 30.1 Å². The minimum absolute atomic E-state index is 0.147.